The summed E-state index contributed by atoms with van der Waals surface area (Å²) in [6.07, 6.45) is 0. The summed E-state index contributed by atoms with van der Waals surface area (Å²) >= 11 is 3.04. The summed E-state index contributed by atoms with van der Waals surface area (Å²) in [4.78, 5) is 26.9. The van der Waals surface area contributed by atoms with Crippen molar-refractivity contribution >= 4 is 27.7 Å². The van der Waals surface area contributed by atoms with Crippen molar-refractivity contribution in [3.63, 3.8) is 0 Å². The highest BCUT2D eigenvalue weighted by molar-refractivity contribution is 9.10. The number of carbonyl (C=O) groups is 2. The zero-order valence-electron chi connectivity index (χ0n) is 12.2. The van der Waals surface area contributed by atoms with Gasteiger partial charge in [0, 0.05) is 33.3 Å². The maximum atomic E-state index is 13.5. The van der Waals surface area contributed by atoms with Crippen molar-refractivity contribution in [1.29, 1.82) is 0 Å². The Morgan fingerprint density at radius 1 is 1.33 bits per heavy atom. The summed E-state index contributed by atoms with van der Waals surface area (Å²) < 4.78 is 18.8. The topological polar surface area (TPSA) is 49.9 Å². The predicted octanol–water partition coefficient (Wildman–Crippen LogP) is 1.77. The fourth-order valence-electron chi connectivity index (χ4n) is 1.57. The van der Waals surface area contributed by atoms with Crippen LogP contribution in [-0.4, -0.2) is 62.5 Å². The molecule has 116 valence electrons. The Morgan fingerprint density at radius 3 is 2.52 bits per heavy atom. The Bertz CT molecular complexity index is 523. The van der Waals surface area contributed by atoms with Crippen molar-refractivity contribution < 1.29 is 18.7 Å². The highest BCUT2D eigenvalue weighted by Gasteiger charge is 2.20. The van der Waals surface area contributed by atoms with Gasteiger partial charge in [-0.15, -0.1) is 0 Å². The Morgan fingerprint density at radius 2 is 2.00 bits per heavy atom. The molecule has 0 aliphatic carbocycles. The molecule has 0 bridgehead atoms. The van der Waals surface area contributed by atoms with Crippen molar-refractivity contribution in [1.82, 2.24) is 9.80 Å². The highest BCUT2D eigenvalue weighted by atomic mass is 79.9. The van der Waals surface area contributed by atoms with Gasteiger partial charge in [0.2, 0.25) is 5.91 Å². The lowest BCUT2D eigenvalue weighted by Gasteiger charge is -2.23. The molecular weight excluding hydrogens is 343 g/mol. The lowest BCUT2D eigenvalue weighted by Crippen LogP contribution is -2.41. The number of likely N-dealkylation sites (N-methyl/N-ethyl adjacent to an activating group) is 1. The first-order valence-electron chi connectivity index (χ1n) is 6.30. The third-order valence-electron chi connectivity index (χ3n) is 2.84. The number of ether oxygens (including phenoxy) is 1. The molecular formula is C14H18BrFN2O3. The molecule has 0 fully saturated rings. The average Bonchev–Trinajstić information content (AvgIpc) is 2.45. The van der Waals surface area contributed by atoms with Crippen molar-refractivity contribution in [2.45, 2.75) is 0 Å². The van der Waals surface area contributed by atoms with E-state index in [-0.39, 0.29) is 29.0 Å². The maximum Gasteiger partial charge on any atom is 0.254 e. The molecule has 0 aromatic heterocycles. The summed E-state index contributed by atoms with van der Waals surface area (Å²) in [6.45, 7) is 0.477. The molecule has 0 saturated carbocycles. The van der Waals surface area contributed by atoms with E-state index in [0.29, 0.717) is 6.61 Å². The number of rotatable bonds is 6. The van der Waals surface area contributed by atoms with Gasteiger partial charge in [0.25, 0.3) is 5.91 Å². The maximum absolute atomic E-state index is 13.5. The van der Waals surface area contributed by atoms with Crippen LogP contribution in [0.25, 0.3) is 0 Å². The average molecular weight is 361 g/mol. The van der Waals surface area contributed by atoms with E-state index in [2.05, 4.69) is 15.9 Å². The number of hydrogen-bond donors (Lipinski definition) is 0. The molecule has 0 aliphatic rings. The van der Waals surface area contributed by atoms with Gasteiger partial charge in [-0.2, -0.15) is 0 Å². The molecule has 0 N–H and O–H groups in total. The zero-order chi connectivity index (χ0) is 16.0. The van der Waals surface area contributed by atoms with Gasteiger partial charge < -0.3 is 14.5 Å². The molecule has 0 radical (unpaired) electrons. The Balaban J connectivity index is 2.92. The van der Waals surface area contributed by atoms with E-state index in [0.717, 1.165) is 6.07 Å². The zero-order valence-corrected chi connectivity index (χ0v) is 13.8. The molecule has 0 spiro atoms. The SMILES string of the molecule is COCCN(CC(=O)N(C)C)C(=O)c1ccc(Br)c(F)c1. The van der Waals surface area contributed by atoms with Crippen molar-refractivity contribution in [2.75, 3.05) is 40.9 Å². The third kappa shape index (κ3) is 5.09. The Labute approximate surface area is 131 Å². The highest BCUT2D eigenvalue weighted by Crippen LogP contribution is 2.17. The summed E-state index contributed by atoms with van der Waals surface area (Å²) in [5.74, 6) is -1.14. The first-order chi connectivity index (χ1) is 9.86. The molecule has 2 amide bonds. The molecule has 0 heterocycles. The minimum atomic E-state index is -0.522. The Kier molecular flexibility index (Phi) is 6.77. The minimum Gasteiger partial charge on any atom is -0.383 e. The molecule has 0 atom stereocenters. The second-order valence-corrected chi connectivity index (χ2v) is 5.49. The van der Waals surface area contributed by atoms with Crippen LogP contribution in [0.4, 0.5) is 4.39 Å². The minimum absolute atomic E-state index is 0.0765. The van der Waals surface area contributed by atoms with Gasteiger partial charge in [0.15, 0.2) is 0 Å². The number of methoxy groups -OCH3 is 1. The van der Waals surface area contributed by atoms with Crippen LogP contribution < -0.4 is 0 Å². The summed E-state index contributed by atoms with van der Waals surface area (Å²) in [6, 6.07) is 4.12. The monoisotopic (exact) mass is 360 g/mol. The largest absolute Gasteiger partial charge is 0.383 e. The standard InChI is InChI=1S/C14H18BrFN2O3/c1-17(2)13(19)9-18(6-7-21-3)14(20)10-4-5-11(15)12(16)8-10/h4-5,8H,6-7,9H2,1-3H3. The van der Waals surface area contributed by atoms with Crippen LogP contribution in [0.1, 0.15) is 10.4 Å². The van der Waals surface area contributed by atoms with E-state index in [9.17, 15) is 14.0 Å². The molecule has 1 aromatic carbocycles. The summed E-state index contributed by atoms with van der Waals surface area (Å²) in [5.41, 5.74) is 0.193. The van der Waals surface area contributed by atoms with E-state index in [1.807, 2.05) is 0 Å². The van der Waals surface area contributed by atoms with Gasteiger partial charge in [-0.3, -0.25) is 9.59 Å². The fourth-order valence-corrected chi connectivity index (χ4v) is 1.82. The molecule has 7 heteroatoms. The van der Waals surface area contributed by atoms with E-state index in [4.69, 9.17) is 4.74 Å². The van der Waals surface area contributed by atoms with E-state index >= 15 is 0 Å². The lowest BCUT2D eigenvalue weighted by atomic mass is 10.2. The van der Waals surface area contributed by atoms with Crippen molar-refractivity contribution in [3.05, 3.63) is 34.1 Å². The fraction of sp³-hybridized carbons (Fsp3) is 0.429. The first-order valence-corrected chi connectivity index (χ1v) is 7.09. The van der Waals surface area contributed by atoms with Crippen LogP contribution in [0.5, 0.6) is 0 Å². The third-order valence-corrected chi connectivity index (χ3v) is 3.49. The van der Waals surface area contributed by atoms with Crippen LogP contribution in [0.3, 0.4) is 0 Å². The lowest BCUT2D eigenvalue weighted by molar-refractivity contribution is -0.129. The van der Waals surface area contributed by atoms with Crippen LogP contribution in [0.15, 0.2) is 22.7 Å². The predicted molar refractivity (Wildman–Crippen MR) is 80.6 cm³/mol. The van der Waals surface area contributed by atoms with E-state index in [1.54, 1.807) is 14.1 Å². The number of halogens is 2. The Hall–Kier alpha value is -1.47. The van der Waals surface area contributed by atoms with E-state index < -0.39 is 11.7 Å². The molecule has 0 unspecified atom stereocenters. The number of benzene rings is 1. The number of hydrogen-bond acceptors (Lipinski definition) is 3. The second kappa shape index (κ2) is 8.09. The van der Waals surface area contributed by atoms with Crippen molar-refractivity contribution in [3.8, 4) is 0 Å². The first kappa shape index (κ1) is 17.6. The molecule has 21 heavy (non-hydrogen) atoms. The van der Waals surface area contributed by atoms with Crippen LogP contribution in [0.2, 0.25) is 0 Å². The molecule has 0 saturated heterocycles. The van der Waals surface area contributed by atoms with Gasteiger partial charge in [0.1, 0.15) is 12.4 Å². The van der Waals surface area contributed by atoms with Crippen LogP contribution >= 0.6 is 15.9 Å². The molecule has 5 nitrogen and oxygen atoms in total. The van der Waals surface area contributed by atoms with E-state index in [1.165, 1.54) is 29.0 Å². The molecule has 0 aliphatic heterocycles. The van der Waals surface area contributed by atoms with Gasteiger partial charge in [0.05, 0.1) is 11.1 Å². The van der Waals surface area contributed by atoms with Gasteiger partial charge >= 0.3 is 0 Å². The number of amides is 2. The van der Waals surface area contributed by atoms with Gasteiger partial charge in [-0.1, -0.05) is 0 Å². The number of carbonyl (C=O) groups excluding carboxylic acids is 2. The second-order valence-electron chi connectivity index (χ2n) is 4.64. The molecule has 1 rings (SSSR count). The van der Waals surface area contributed by atoms with Crippen molar-refractivity contribution in [2.24, 2.45) is 0 Å². The van der Waals surface area contributed by atoms with Crippen LogP contribution in [0, 0.1) is 5.82 Å². The van der Waals surface area contributed by atoms with Gasteiger partial charge in [-0.25, -0.2) is 4.39 Å². The quantitative estimate of drug-likeness (QED) is 0.776. The van der Waals surface area contributed by atoms with Gasteiger partial charge in [-0.05, 0) is 34.1 Å². The smallest absolute Gasteiger partial charge is 0.254 e. The summed E-state index contributed by atoms with van der Waals surface area (Å²) in [5, 5.41) is 0. The van der Waals surface area contributed by atoms with Crippen LogP contribution in [-0.2, 0) is 9.53 Å². The normalized spacial score (nSPS) is 10.3. The molecule has 1 aromatic rings. The summed E-state index contributed by atoms with van der Waals surface area (Å²) in [7, 11) is 4.73. The number of nitrogens with zero attached hydrogens (tertiary/aromatic N) is 2.